The standard InChI is InChI=1S/C11H10F2N2O2S2/c12-6-1-2-8(7(13)3-6)15-9-4-19(16,17)5-10(9)18-11(15)14/h1-3,9-10,14H,4-5H2. The number of hydrogen-bond donors (Lipinski definition) is 1. The maximum atomic E-state index is 13.8. The van der Waals surface area contributed by atoms with Crippen molar-refractivity contribution in [1.82, 2.24) is 0 Å². The van der Waals surface area contributed by atoms with E-state index in [9.17, 15) is 17.2 Å². The molecule has 1 aromatic rings. The molecule has 1 aromatic carbocycles. The molecule has 1 N–H and O–H groups in total. The van der Waals surface area contributed by atoms with Crippen LogP contribution in [0.3, 0.4) is 0 Å². The summed E-state index contributed by atoms with van der Waals surface area (Å²) in [5.41, 5.74) is 0.0588. The lowest BCUT2D eigenvalue weighted by Crippen LogP contribution is -2.37. The molecule has 102 valence electrons. The molecule has 0 aliphatic carbocycles. The highest BCUT2D eigenvalue weighted by Crippen LogP contribution is 2.40. The average molecular weight is 304 g/mol. The van der Waals surface area contributed by atoms with Crippen LogP contribution in [0.2, 0.25) is 0 Å². The topological polar surface area (TPSA) is 61.2 Å². The van der Waals surface area contributed by atoms with Crippen LogP contribution in [0.15, 0.2) is 18.2 Å². The minimum absolute atomic E-state index is 0.00400. The Morgan fingerprint density at radius 3 is 2.74 bits per heavy atom. The predicted octanol–water partition coefficient (Wildman–Crippen LogP) is 1.62. The molecule has 2 saturated heterocycles. The average Bonchev–Trinajstić information content (AvgIpc) is 2.70. The van der Waals surface area contributed by atoms with Crippen LogP contribution in [-0.2, 0) is 9.84 Å². The molecule has 3 rings (SSSR count). The zero-order valence-corrected chi connectivity index (χ0v) is 11.3. The lowest BCUT2D eigenvalue weighted by molar-refractivity contribution is 0.579. The predicted molar refractivity (Wildman–Crippen MR) is 70.4 cm³/mol. The summed E-state index contributed by atoms with van der Waals surface area (Å²) in [4.78, 5) is 1.36. The summed E-state index contributed by atoms with van der Waals surface area (Å²) in [7, 11) is -3.15. The van der Waals surface area contributed by atoms with E-state index >= 15 is 0 Å². The Bertz CT molecular complexity index is 663. The first-order valence-electron chi connectivity index (χ1n) is 5.57. The van der Waals surface area contributed by atoms with Gasteiger partial charge in [-0.25, -0.2) is 17.2 Å². The quantitative estimate of drug-likeness (QED) is 0.856. The number of halogens is 2. The smallest absolute Gasteiger partial charge is 0.161 e. The van der Waals surface area contributed by atoms with Crippen molar-refractivity contribution in [3.8, 4) is 0 Å². The highest BCUT2D eigenvalue weighted by Gasteiger charge is 2.49. The van der Waals surface area contributed by atoms with Crippen LogP contribution in [0.4, 0.5) is 14.5 Å². The molecule has 8 heteroatoms. The second-order valence-electron chi connectivity index (χ2n) is 4.57. The van der Waals surface area contributed by atoms with E-state index in [-0.39, 0.29) is 27.6 Å². The number of nitrogens with one attached hydrogen (secondary N) is 1. The fourth-order valence-electron chi connectivity index (χ4n) is 2.47. The number of benzene rings is 1. The monoisotopic (exact) mass is 304 g/mol. The van der Waals surface area contributed by atoms with Gasteiger partial charge in [0.05, 0.1) is 23.2 Å². The van der Waals surface area contributed by atoms with E-state index < -0.39 is 27.5 Å². The van der Waals surface area contributed by atoms with Crippen molar-refractivity contribution in [2.75, 3.05) is 16.4 Å². The van der Waals surface area contributed by atoms with E-state index in [0.29, 0.717) is 0 Å². The van der Waals surface area contributed by atoms with Gasteiger partial charge in [-0.2, -0.15) is 0 Å². The van der Waals surface area contributed by atoms with E-state index in [1.807, 2.05) is 0 Å². The molecule has 4 nitrogen and oxygen atoms in total. The molecule has 2 aliphatic heterocycles. The van der Waals surface area contributed by atoms with Gasteiger partial charge in [0.25, 0.3) is 0 Å². The van der Waals surface area contributed by atoms with Crippen molar-refractivity contribution < 1.29 is 17.2 Å². The third-order valence-corrected chi connectivity index (χ3v) is 6.39. The summed E-state index contributed by atoms with van der Waals surface area (Å²) in [6.07, 6.45) is 0. The lowest BCUT2D eigenvalue weighted by atomic mass is 10.2. The summed E-state index contributed by atoms with van der Waals surface area (Å²) in [6, 6.07) is 2.65. The Labute approximate surface area is 113 Å². The molecular weight excluding hydrogens is 294 g/mol. The molecule has 0 saturated carbocycles. The van der Waals surface area contributed by atoms with Crippen LogP contribution in [0.1, 0.15) is 0 Å². The first-order valence-corrected chi connectivity index (χ1v) is 8.27. The zero-order valence-electron chi connectivity index (χ0n) is 9.64. The largest absolute Gasteiger partial charge is 0.313 e. The van der Waals surface area contributed by atoms with Crippen LogP contribution < -0.4 is 4.90 Å². The van der Waals surface area contributed by atoms with Crippen LogP contribution in [0.5, 0.6) is 0 Å². The van der Waals surface area contributed by atoms with Crippen molar-refractivity contribution in [2.45, 2.75) is 11.3 Å². The van der Waals surface area contributed by atoms with Crippen molar-refractivity contribution in [2.24, 2.45) is 0 Å². The van der Waals surface area contributed by atoms with Crippen LogP contribution >= 0.6 is 11.8 Å². The Morgan fingerprint density at radius 1 is 1.32 bits per heavy atom. The van der Waals surface area contributed by atoms with Gasteiger partial charge in [-0.15, -0.1) is 0 Å². The van der Waals surface area contributed by atoms with Gasteiger partial charge < -0.3 is 4.90 Å². The van der Waals surface area contributed by atoms with Gasteiger partial charge in [-0.3, -0.25) is 5.41 Å². The molecule has 0 spiro atoms. The maximum Gasteiger partial charge on any atom is 0.161 e. The summed E-state index contributed by atoms with van der Waals surface area (Å²) < 4.78 is 49.9. The second kappa shape index (κ2) is 4.17. The van der Waals surface area contributed by atoms with Crippen molar-refractivity contribution in [3.05, 3.63) is 29.8 Å². The molecule has 0 bridgehead atoms. The van der Waals surface area contributed by atoms with Gasteiger partial charge in [-0.1, -0.05) is 11.8 Å². The van der Waals surface area contributed by atoms with Gasteiger partial charge in [0.1, 0.15) is 11.6 Å². The maximum absolute atomic E-state index is 13.8. The Morgan fingerprint density at radius 2 is 2.05 bits per heavy atom. The molecule has 2 unspecified atom stereocenters. The number of thioether (sulfide) groups is 1. The van der Waals surface area contributed by atoms with Gasteiger partial charge in [0.15, 0.2) is 15.0 Å². The second-order valence-corrected chi connectivity index (χ2v) is 7.95. The SMILES string of the molecule is N=C1SC2CS(=O)(=O)CC2N1c1ccc(F)cc1F. The highest BCUT2D eigenvalue weighted by atomic mass is 32.2. The molecule has 0 radical (unpaired) electrons. The molecule has 0 amide bonds. The number of anilines is 1. The third-order valence-electron chi connectivity index (χ3n) is 3.25. The molecule has 2 atom stereocenters. The van der Waals surface area contributed by atoms with E-state index in [1.54, 1.807) is 0 Å². The van der Waals surface area contributed by atoms with Crippen molar-refractivity contribution in [3.63, 3.8) is 0 Å². The van der Waals surface area contributed by atoms with E-state index in [1.165, 1.54) is 11.0 Å². The molecule has 0 aromatic heterocycles. The van der Waals surface area contributed by atoms with Crippen molar-refractivity contribution in [1.29, 1.82) is 5.41 Å². The molecule has 19 heavy (non-hydrogen) atoms. The Balaban J connectivity index is 2.02. The van der Waals surface area contributed by atoms with Crippen molar-refractivity contribution >= 4 is 32.5 Å². The van der Waals surface area contributed by atoms with Gasteiger partial charge >= 0.3 is 0 Å². The zero-order chi connectivity index (χ0) is 13.8. The number of hydrogen-bond acceptors (Lipinski definition) is 4. The minimum atomic E-state index is -3.15. The van der Waals surface area contributed by atoms with Gasteiger partial charge in [-0.05, 0) is 12.1 Å². The summed E-state index contributed by atoms with van der Waals surface area (Å²) >= 11 is 1.12. The third kappa shape index (κ3) is 2.12. The van der Waals surface area contributed by atoms with Crippen LogP contribution in [0.25, 0.3) is 0 Å². The minimum Gasteiger partial charge on any atom is -0.313 e. The normalized spacial score (nSPS) is 28.7. The van der Waals surface area contributed by atoms with E-state index in [4.69, 9.17) is 5.41 Å². The fourth-order valence-corrected chi connectivity index (χ4v) is 6.25. The Kier molecular flexibility index (Phi) is 2.82. The first-order chi connectivity index (χ1) is 8.87. The highest BCUT2D eigenvalue weighted by molar-refractivity contribution is 8.15. The summed E-state index contributed by atoms with van der Waals surface area (Å²) in [5, 5.41) is 7.71. The Hall–Kier alpha value is -1.15. The number of nitrogens with zero attached hydrogens (tertiary/aromatic N) is 1. The number of amidine groups is 1. The lowest BCUT2D eigenvalue weighted by Gasteiger charge is -2.24. The van der Waals surface area contributed by atoms with E-state index in [0.717, 1.165) is 23.9 Å². The van der Waals surface area contributed by atoms with Gasteiger partial charge in [0.2, 0.25) is 0 Å². The number of sulfone groups is 1. The number of fused-ring (bicyclic) bond motifs is 1. The molecule has 2 heterocycles. The van der Waals surface area contributed by atoms with Crippen LogP contribution in [0, 0.1) is 17.0 Å². The molecular formula is C11H10F2N2O2S2. The molecule has 2 fully saturated rings. The van der Waals surface area contributed by atoms with E-state index in [2.05, 4.69) is 0 Å². The molecule has 2 aliphatic rings. The summed E-state index contributed by atoms with van der Waals surface area (Å²) in [5.74, 6) is -1.57. The number of rotatable bonds is 1. The summed E-state index contributed by atoms with van der Waals surface area (Å²) in [6.45, 7) is 0. The van der Waals surface area contributed by atoms with Crippen LogP contribution in [-0.4, -0.2) is 36.4 Å². The fraction of sp³-hybridized carbons (Fsp3) is 0.364. The van der Waals surface area contributed by atoms with Gasteiger partial charge in [0, 0.05) is 11.3 Å². The first kappa shape index (κ1) is 12.9.